The monoisotopic (exact) mass is 427 g/mol. The molecule has 7 heteroatoms. The minimum atomic E-state index is -0.393. The number of amides is 1. The van der Waals surface area contributed by atoms with Gasteiger partial charge in [0.05, 0.1) is 10.9 Å². The lowest BCUT2D eigenvalue weighted by molar-refractivity contribution is -0.115. The molecule has 1 N–H and O–H groups in total. The van der Waals surface area contributed by atoms with E-state index in [-0.39, 0.29) is 11.5 Å². The summed E-state index contributed by atoms with van der Waals surface area (Å²) in [5, 5.41) is 8.10. The molecule has 0 saturated carbocycles. The Balaban J connectivity index is 1.78. The number of thioether (sulfide) groups is 1. The number of aryl methyl sites for hydroxylation is 3. The van der Waals surface area contributed by atoms with Crippen LogP contribution in [0.5, 0.6) is 0 Å². The maximum atomic E-state index is 12.6. The fourth-order valence-electron chi connectivity index (χ4n) is 2.78. The van der Waals surface area contributed by atoms with Crippen LogP contribution >= 0.6 is 23.4 Å². The molecule has 150 valence electrons. The Hall–Kier alpha value is -2.57. The highest BCUT2D eigenvalue weighted by atomic mass is 35.5. The molecule has 0 saturated heterocycles. The number of rotatable bonds is 5. The zero-order valence-corrected chi connectivity index (χ0v) is 18.3. The Labute approximate surface area is 179 Å². The maximum Gasteiger partial charge on any atom is 0.271 e. The molecule has 0 aliphatic heterocycles. The van der Waals surface area contributed by atoms with Gasteiger partial charge in [0.2, 0.25) is 5.91 Å². The summed E-state index contributed by atoms with van der Waals surface area (Å²) in [6, 6.07) is 14.3. The summed E-state index contributed by atoms with van der Waals surface area (Å²) >= 11 is 7.47. The molecule has 0 fully saturated rings. The smallest absolute Gasteiger partial charge is 0.271 e. The van der Waals surface area contributed by atoms with Crippen molar-refractivity contribution >= 4 is 35.0 Å². The SMILES string of the molecule is Cc1ccc(NC(=O)[C@@H](C)Sc2ccc(=O)n(-c3ccc(C)c(Cl)c3)n2)c(C)c1. The first kappa shape index (κ1) is 21.1. The van der Waals surface area contributed by atoms with E-state index in [0.717, 1.165) is 22.4 Å². The van der Waals surface area contributed by atoms with Crippen LogP contribution in [-0.4, -0.2) is 20.9 Å². The Morgan fingerprint density at radius 3 is 2.52 bits per heavy atom. The number of nitrogens with zero attached hydrogens (tertiary/aromatic N) is 2. The second-order valence-electron chi connectivity index (χ2n) is 6.92. The fourth-order valence-corrected chi connectivity index (χ4v) is 3.76. The molecule has 1 atom stereocenters. The summed E-state index contributed by atoms with van der Waals surface area (Å²) in [5.74, 6) is -0.125. The first-order chi connectivity index (χ1) is 13.7. The topological polar surface area (TPSA) is 64.0 Å². The van der Waals surface area contributed by atoms with Crippen LogP contribution in [0, 0.1) is 20.8 Å². The average molecular weight is 428 g/mol. The van der Waals surface area contributed by atoms with Crippen LogP contribution in [0.1, 0.15) is 23.6 Å². The fraction of sp³-hybridized carbons (Fsp3) is 0.227. The number of aromatic nitrogens is 2. The summed E-state index contributed by atoms with van der Waals surface area (Å²) in [6.45, 7) is 7.68. The van der Waals surface area contributed by atoms with Gasteiger partial charge in [0, 0.05) is 16.8 Å². The molecule has 0 aliphatic rings. The van der Waals surface area contributed by atoms with Gasteiger partial charge in [0.25, 0.3) is 5.56 Å². The standard InChI is InChI=1S/C22H22ClN3O2S/c1-13-5-8-19(15(3)11-13)24-22(28)16(4)29-20-9-10-21(27)26(25-20)17-7-6-14(2)18(23)12-17/h5-12,16H,1-4H3,(H,24,28)/t16-/m1/s1. The van der Waals surface area contributed by atoms with Gasteiger partial charge >= 0.3 is 0 Å². The second-order valence-corrected chi connectivity index (χ2v) is 8.69. The molecular formula is C22H22ClN3O2S. The molecule has 5 nitrogen and oxygen atoms in total. The van der Waals surface area contributed by atoms with E-state index in [1.165, 1.54) is 22.5 Å². The van der Waals surface area contributed by atoms with E-state index in [1.807, 2.05) is 52.0 Å². The number of anilines is 1. The summed E-state index contributed by atoms with van der Waals surface area (Å²) in [6.07, 6.45) is 0. The molecule has 0 bridgehead atoms. The third-order valence-electron chi connectivity index (χ3n) is 4.48. The zero-order chi connectivity index (χ0) is 21.1. The molecule has 1 heterocycles. The van der Waals surface area contributed by atoms with Crippen molar-refractivity contribution in [3.63, 3.8) is 0 Å². The molecule has 2 aromatic carbocycles. The van der Waals surface area contributed by atoms with Gasteiger partial charge in [-0.25, -0.2) is 0 Å². The Kier molecular flexibility index (Phi) is 6.45. The number of benzene rings is 2. The van der Waals surface area contributed by atoms with Gasteiger partial charge in [0.1, 0.15) is 5.03 Å². The molecule has 0 radical (unpaired) electrons. The van der Waals surface area contributed by atoms with Crippen molar-refractivity contribution in [2.24, 2.45) is 0 Å². The number of hydrogen-bond acceptors (Lipinski definition) is 4. The lowest BCUT2D eigenvalue weighted by atomic mass is 10.1. The van der Waals surface area contributed by atoms with Crippen molar-refractivity contribution in [3.05, 3.63) is 80.6 Å². The van der Waals surface area contributed by atoms with Crippen LogP contribution in [-0.2, 0) is 4.79 Å². The van der Waals surface area contributed by atoms with Crippen LogP contribution in [0.25, 0.3) is 5.69 Å². The van der Waals surface area contributed by atoms with E-state index in [2.05, 4.69) is 10.4 Å². The van der Waals surface area contributed by atoms with Crippen molar-refractivity contribution in [2.75, 3.05) is 5.32 Å². The van der Waals surface area contributed by atoms with Crippen molar-refractivity contribution in [2.45, 2.75) is 38.0 Å². The van der Waals surface area contributed by atoms with E-state index in [0.29, 0.717) is 15.7 Å². The number of nitrogens with one attached hydrogen (secondary N) is 1. The Morgan fingerprint density at radius 1 is 1.07 bits per heavy atom. The first-order valence-corrected chi connectivity index (χ1v) is 10.4. The molecule has 0 aliphatic carbocycles. The Morgan fingerprint density at radius 2 is 1.83 bits per heavy atom. The van der Waals surface area contributed by atoms with Crippen LogP contribution < -0.4 is 10.9 Å². The Bertz CT molecular complexity index is 1130. The maximum absolute atomic E-state index is 12.6. The van der Waals surface area contributed by atoms with Gasteiger partial charge in [-0.2, -0.15) is 9.78 Å². The molecule has 3 aromatic rings. The molecule has 1 amide bonds. The van der Waals surface area contributed by atoms with Crippen molar-refractivity contribution < 1.29 is 4.79 Å². The number of carbonyl (C=O) groups is 1. The van der Waals surface area contributed by atoms with Gasteiger partial charge in [-0.1, -0.05) is 47.1 Å². The number of hydrogen-bond donors (Lipinski definition) is 1. The van der Waals surface area contributed by atoms with E-state index in [4.69, 9.17) is 11.6 Å². The van der Waals surface area contributed by atoms with Gasteiger partial charge in [-0.15, -0.1) is 0 Å². The summed E-state index contributed by atoms with van der Waals surface area (Å²) in [7, 11) is 0. The molecular weight excluding hydrogens is 406 g/mol. The molecule has 3 rings (SSSR count). The van der Waals surface area contributed by atoms with E-state index >= 15 is 0 Å². The highest BCUT2D eigenvalue weighted by Gasteiger charge is 2.17. The second kappa shape index (κ2) is 8.84. The van der Waals surface area contributed by atoms with E-state index in [9.17, 15) is 9.59 Å². The molecule has 29 heavy (non-hydrogen) atoms. The van der Waals surface area contributed by atoms with Crippen molar-refractivity contribution in [1.29, 1.82) is 0 Å². The molecule has 1 aromatic heterocycles. The third kappa shape index (κ3) is 5.08. The highest BCUT2D eigenvalue weighted by molar-refractivity contribution is 8.00. The van der Waals surface area contributed by atoms with Gasteiger partial charge in [0.15, 0.2) is 0 Å². The van der Waals surface area contributed by atoms with E-state index in [1.54, 1.807) is 18.2 Å². The van der Waals surface area contributed by atoms with Gasteiger partial charge in [-0.05, 0) is 63.1 Å². The predicted molar refractivity (Wildman–Crippen MR) is 119 cm³/mol. The average Bonchev–Trinajstić information content (AvgIpc) is 2.67. The third-order valence-corrected chi connectivity index (χ3v) is 5.92. The first-order valence-electron chi connectivity index (χ1n) is 9.16. The van der Waals surface area contributed by atoms with Gasteiger partial charge in [-0.3, -0.25) is 9.59 Å². The molecule has 0 spiro atoms. The summed E-state index contributed by atoms with van der Waals surface area (Å²) in [5.41, 5.74) is 4.19. The van der Waals surface area contributed by atoms with Crippen molar-refractivity contribution in [1.82, 2.24) is 9.78 Å². The van der Waals surface area contributed by atoms with Crippen LogP contribution in [0.2, 0.25) is 5.02 Å². The van der Waals surface area contributed by atoms with Crippen molar-refractivity contribution in [3.8, 4) is 5.69 Å². The zero-order valence-electron chi connectivity index (χ0n) is 16.7. The summed E-state index contributed by atoms with van der Waals surface area (Å²) in [4.78, 5) is 24.9. The quantitative estimate of drug-likeness (QED) is 0.586. The van der Waals surface area contributed by atoms with Gasteiger partial charge < -0.3 is 5.32 Å². The number of halogens is 1. The minimum absolute atomic E-state index is 0.125. The van der Waals surface area contributed by atoms with Crippen LogP contribution in [0.3, 0.4) is 0 Å². The largest absolute Gasteiger partial charge is 0.325 e. The number of carbonyl (C=O) groups excluding carboxylic acids is 1. The normalized spacial score (nSPS) is 11.9. The lowest BCUT2D eigenvalue weighted by Crippen LogP contribution is -2.24. The minimum Gasteiger partial charge on any atom is -0.325 e. The molecule has 0 unspecified atom stereocenters. The summed E-state index contributed by atoms with van der Waals surface area (Å²) < 4.78 is 1.29. The van der Waals surface area contributed by atoms with Crippen LogP contribution in [0.15, 0.2) is 58.4 Å². The highest BCUT2D eigenvalue weighted by Crippen LogP contribution is 2.24. The predicted octanol–water partition coefficient (Wildman–Crippen LogP) is 4.93. The van der Waals surface area contributed by atoms with E-state index < -0.39 is 5.25 Å². The van der Waals surface area contributed by atoms with Crippen LogP contribution in [0.4, 0.5) is 5.69 Å². The lowest BCUT2D eigenvalue weighted by Gasteiger charge is -2.14.